The van der Waals surface area contributed by atoms with E-state index in [9.17, 15) is 13.2 Å². The molecular weight excluding hydrogens is 292 g/mol. The molecule has 0 fully saturated rings. The van der Waals surface area contributed by atoms with Crippen molar-refractivity contribution in [2.75, 3.05) is 13.1 Å². The van der Waals surface area contributed by atoms with Crippen molar-refractivity contribution >= 4 is 16.0 Å². The normalized spacial score (nSPS) is 13.6. The van der Waals surface area contributed by atoms with Crippen LogP contribution in [0.15, 0.2) is 4.90 Å². The summed E-state index contributed by atoms with van der Waals surface area (Å²) in [6.07, 6.45) is 0.886. The van der Waals surface area contributed by atoms with Crippen LogP contribution in [-0.4, -0.2) is 41.9 Å². The highest BCUT2D eigenvalue weighted by atomic mass is 32.2. The molecule has 0 saturated carbocycles. The molecule has 0 spiro atoms. The molecular formula is C14H24N2O4S. The smallest absolute Gasteiger partial charge is 0.352 e. The molecule has 7 heteroatoms. The lowest BCUT2D eigenvalue weighted by molar-refractivity contribution is 0.0690. The molecule has 21 heavy (non-hydrogen) atoms. The third-order valence-corrected chi connectivity index (χ3v) is 5.96. The van der Waals surface area contributed by atoms with Gasteiger partial charge in [0.15, 0.2) is 0 Å². The first-order chi connectivity index (χ1) is 9.66. The van der Waals surface area contributed by atoms with E-state index in [0.29, 0.717) is 18.8 Å². The average molecular weight is 316 g/mol. The van der Waals surface area contributed by atoms with Crippen molar-refractivity contribution < 1.29 is 18.3 Å². The van der Waals surface area contributed by atoms with E-state index < -0.39 is 16.0 Å². The lowest BCUT2D eigenvalue weighted by atomic mass is 10.1. The van der Waals surface area contributed by atoms with E-state index in [-0.39, 0.29) is 22.1 Å². The summed E-state index contributed by atoms with van der Waals surface area (Å²) in [5.74, 6) is -0.903. The molecule has 0 bridgehead atoms. The Hall–Kier alpha value is -1.34. The molecule has 0 aliphatic rings. The van der Waals surface area contributed by atoms with Crippen molar-refractivity contribution in [1.29, 1.82) is 0 Å². The Morgan fingerprint density at radius 3 is 2.29 bits per heavy atom. The first kappa shape index (κ1) is 17.7. The molecule has 0 aliphatic carbocycles. The highest BCUT2D eigenvalue weighted by molar-refractivity contribution is 7.89. The Morgan fingerprint density at radius 2 is 1.90 bits per heavy atom. The number of nitrogens with zero attached hydrogens (tertiary/aromatic N) is 1. The van der Waals surface area contributed by atoms with Crippen molar-refractivity contribution in [3.05, 3.63) is 17.0 Å². The van der Waals surface area contributed by atoms with Crippen LogP contribution in [-0.2, 0) is 10.0 Å². The van der Waals surface area contributed by atoms with Gasteiger partial charge in [-0.05, 0) is 19.8 Å². The van der Waals surface area contributed by atoms with Crippen molar-refractivity contribution in [2.24, 2.45) is 5.92 Å². The van der Waals surface area contributed by atoms with Gasteiger partial charge in [-0.3, -0.25) is 0 Å². The second kappa shape index (κ2) is 6.62. The van der Waals surface area contributed by atoms with Crippen LogP contribution in [0.2, 0.25) is 0 Å². The number of carboxylic acids is 1. The number of hydrogen-bond donors (Lipinski definition) is 2. The van der Waals surface area contributed by atoms with Crippen LogP contribution >= 0.6 is 0 Å². The number of H-pyrrole nitrogens is 1. The fourth-order valence-electron chi connectivity index (χ4n) is 2.34. The summed E-state index contributed by atoms with van der Waals surface area (Å²) < 4.78 is 27.0. The molecule has 1 atom stereocenters. The van der Waals surface area contributed by atoms with Gasteiger partial charge in [-0.1, -0.05) is 27.2 Å². The minimum Gasteiger partial charge on any atom is -0.477 e. The van der Waals surface area contributed by atoms with Crippen molar-refractivity contribution in [3.8, 4) is 0 Å². The summed E-state index contributed by atoms with van der Waals surface area (Å²) in [6.45, 7) is 9.70. The second-order valence-electron chi connectivity index (χ2n) is 5.35. The fraction of sp³-hybridized carbons (Fsp3) is 0.643. The third-order valence-electron chi connectivity index (χ3n) is 3.75. The van der Waals surface area contributed by atoms with E-state index >= 15 is 0 Å². The maximum Gasteiger partial charge on any atom is 0.352 e. The van der Waals surface area contributed by atoms with Gasteiger partial charge in [-0.2, -0.15) is 4.31 Å². The molecule has 0 radical (unpaired) electrons. The Kier molecular flexibility index (Phi) is 5.58. The van der Waals surface area contributed by atoms with Crippen LogP contribution in [0.25, 0.3) is 0 Å². The molecule has 2 N–H and O–H groups in total. The summed E-state index contributed by atoms with van der Waals surface area (Å²) in [4.78, 5) is 13.9. The van der Waals surface area contributed by atoms with Crippen LogP contribution < -0.4 is 0 Å². The topological polar surface area (TPSA) is 90.5 Å². The monoisotopic (exact) mass is 316 g/mol. The van der Waals surface area contributed by atoms with Gasteiger partial charge in [0.25, 0.3) is 0 Å². The van der Waals surface area contributed by atoms with Crippen LogP contribution in [0.1, 0.15) is 48.9 Å². The van der Waals surface area contributed by atoms with Gasteiger partial charge < -0.3 is 10.1 Å². The lowest BCUT2D eigenvalue weighted by Gasteiger charge is -2.23. The minimum atomic E-state index is -3.69. The molecule has 0 aliphatic heterocycles. The number of carbonyl (C=O) groups is 1. The van der Waals surface area contributed by atoms with Gasteiger partial charge in [0.2, 0.25) is 10.0 Å². The molecule has 1 unspecified atom stereocenters. The number of aryl methyl sites for hydroxylation is 1. The summed E-state index contributed by atoms with van der Waals surface area (Å²) in [5, 5.41) is 9.11. The average Bonchev–Trinajstić information content (AvgIpc) is 2.71. The molecule has 1 rings (SSSR count). The van der Waals surface area contributed by atoms with E-state index in [4.69, 9.17) is 5.11 Å². The van der Waals surface area contributed by atoms with Gasteiger partial charge in [-0.15, -0.1) is 0 Å². The van der Waals surface area contributed by atoms with Crippen LogP contribution in [0, 0.1) is 19.8 Å². The van der Waals surface area contributed by atoms with Crippen molar-refractivity contribution in [1.82, 2.24) is 9.29 Å². The Balaban J connectivity index is 3.33. The molecule has 120 valence electrons. The van der Waals surface area contributed by atoms with Crippen LogP contribution in [0.4, 0.5) is 0 Å². The third kappa shape index (κ3) is 3.47. The van der Waals surface area contributed by atoms with E-state index in [1.807, 2.05) is 13.8 Å². The zero-order valence-corrected chi connectivity index (χ0v) is 14.0. The number of aromatic amines is 1. The van der Waals surface area contributed by atoms with Crippen molar-refractivity contribution in [3.63, 3.8) is 0 Å². The van der Waals surface area contributed by atoms with E-state index in [1.165, 1.54) is 11.2 Å². The SMILES string of the molecule is CCC(C)CN(CC)S(=O)(=O)c1c(C)[nH]c(C(=O)O)c1C. The largest absolute Gasteiger partial charge is 0.477 e. The lowest BCUT2D eigenvalue weighted by Crippen LogP contribution is -2.35. The zero-order chi connectivity index (χ0) is 16.4. The molecule has 1 aromatic heterocycles. The number of carboxylic acid groups (broad SMARTS) is 1. The Bertz CT molecular complexity index is 619. The summed E-state index contributed by atoms with van der Waals surface area (Å²) >= 11 is 0. The maximum absolute atomic E-state index is 12.8. The van der Waals surface area contributed by atoms with Crippen LogP contribution in [0.3, 0.4) is 0 Å². The fourth-order valence-corrected chi connectivity index (χ4v) is 4.31. The van der Waals surface area contributed by atoms with Gasteiger partial charge in [0.1, 0.15) is 10.6 Å². The standard InChI is InChI=1S/C14H24N2O4S/c1-6-9(3)8-16(7-2)21(19,20)13-10(4)12(14(17)18)15-11(13)5/h9,15H,6-8H2,1-5H3,(H,17,18). The predicted octanol–water partition coefficient (Wildman–Crippen LogP) is 2.39. The first-order valence-corrected chi connectivity index (χ1v) is 8.53. The number of aromatic carboxylic acids is 1. The second-order valence-corrected chi connectivity index (χ2v) is 7.23. The number of nitrogens with one attached hydrogen (secondary N) is 1. The maximum atomic E-state index is 12.8. The number of aromatic nitrogens is 1. The van der Waals surface area contributed by atoms with E-state index in [0.717, 1.165) is 6.42 Å². The zero-order valence-electron chi connectivity index (χ0n) is 13.2. The van der Waals surface area contributed by atoms with E-state index in [1.54, 1.807) is 13.8 Å². The predicted molar refractivity (Wildman–Crippen MR) is 81.1 cm³/mol. The minimum absolute atomic E-state index is 0.0642. The molecule has 6 nitrogen and oxygen atoms in total. The molecule has 1 aromatic rings. The highest BCUT2D eigenvalue weighted by Gasteiger charge is 2.31. The highest BCUT2D eigenvalue weighted by Crippen LogP contribution is 2.27. The number of rotatable bonds is 7. The van der Waals surface area contributed by atoms with Gasteiger partial charge in [0, 0.05) is 24.3 Å². The van der Waals surface area contributed by atoms with E-state index in [2.05, 4.69) is 4.98 Å². The summed E-state index contributed by atoms with van der Waals surface area (Å²) in [7, 11) is -3.69. The number of hydrogen-bond acceptors (Lipinski definition) is 3. The summed E-state index contributed by atoms with van der Waals surface area (Å²) in [5.41, 5.74) is 0.570. The van der Waals surface area contributed by atoms with Gasteiger partial charge >= 0.3 is 5.97 Å². The Labute approximate surface area is 126 Å². The van der Waals surface area contributed by atoms with Crippen LogP contribution in [0.5, 0.6) is 0 Å². The molecule has 0 saturated heterocycles. The first-order valence-electron chi connectivity index (χ1n) is 7.09. The molecule has 0 aromatic carbocycles. The molecule has 0 amide bonds. The van der Waals surface area contributed by atoms with Gasteiger partial charge in [-0.25, -0.2) is 13.2 Å². The summed E-state index contributed by atoms with van der Waals surface area (Å²) in [6, 6.07) is 0. The number of sulfonamides is 1. The Morgan fingerprint density at radius 1 is 1.33 bits per heavy atom. The van der Waals surface area contributed by atoms with Gasteiger partial charge in [0.05, 0.1) is 0 Å². The van der Waals surface area contributed by atoms with Crippen molar-refractivity contribution in [2.45, 2.75) is 45.9 Å². The molecule has 1 heterocycles. The quantitative estimate of drug-likeness (QED) is 0.808.